The zero-order valence-corrected chi connectivity index (χ0v) is 7.30. The van der Waals surface area contributed by atoms with Gasteiger partial charge in [0.15, 0.2) is 0 Å². The molecule has 2 heteroatoms. The van der Waals surface area contributed by atoms with Crippen LogP contribution in [-0.2, 0) is 0 Å². The van der Waals surface area contributed by atoms with Crippen LogP contribution in [0.1, 0.15) is 25.7 Å². The average Bonchev–Trinajstić information content (AvgIpc) is 2.04. The number of hydrogen-bond acceptors (Lipinski definition) is 1. The molecule has 0 saturated heterocycles. The van der Waals surface area contributed by atoms with E-state index in [1.807, 2.05) is 6.08 Å². The van der Waals surface area contributed by atoms with E-state index in [4.69, 9.17) is 5.73 Å². The summed E-state index contributed by atoms with van der Waals surface area (Å²) >= 11 is 0. The van der Waals surface area contributed by atoms with Crippen LogP contribution < -0.4 is 5.73 Å². The molecule has 2 N–H and O–H groups in total. The highest BCUT2D eigenvalue weighted by molar-refractivity contribution is 5.14. The Bertz CT molecular complexity index is 202. The summed E-state index contributed by atoms with van der Waals surface area (Å²) in [6.07, 6.45) is 4.67. The van der Waals surface area contributed by atoms with Crippen molar-refractivity contribution in [2.24, 2.45) is 17.6 Å². The fraction of sp³-hybridized carbons (Fsp3) is 0.800. The molecule has 3 rings (SSSR count). The molecule has 4 unspecified atom stereocenters. The van der Waals surface area contributed by atoms with Crippen molar-refractivity contribution < 1.29 is 4.39 Å². The van der Waals surface area contributed by atoms with Crippen molar-refractivity contribution in [1.82, 2.24) is 0 Å². The zero-order valence-electron chi connectivity index (χ0n) is 7.30. The van der Waals surface area contributed by atoms with E-state index in [9.17, 15) is 4.39 Å². The fourth-order valence-corrected chi connectivity index (χ4v) is 2.89. The van der Waals surface area contributed by atoms with Gasteiger partial charge in [-0.3, -0.25) is 0 Å². The molecule has 3 fully saturated rings. The van der Waals surface area contributed by atoms with Gasteiger partial charge in [0.2, 0.25) is 0 Å². The lowest BCUT2D eigenvalue weighted by atomic mass is 9.50. The first kappa shape index (κ1) is 8.24. The summed E-state index contributed by atoms with van der Waals surface area (Å²) in [6, 6.07) is 0. The first-order valence-corrected chi connectivity index (χ1v) is 4.72. The van der Waals surface area contributed by atoms with Gasteiger partial charge in [-0.1, -0.05) is 6.08 Å². The maximum Gasteiger partial charge on any atom is 0.105 e. The molecule has 0 radical (unpaired) electrons. The molecule has 12 heavy (non-hydrogen) atoms. The lowest BCUT2D eigenvalue weighted by molar-refractivity contribution is -0.0704. The second-order valence-electron chi connectivity index (χ2n) is 4.24. The molecule has 3 aliphatic rings. The van der Waals surface area contributed by atoms with Gasteiger partial charge in [-0.05, 0) is 31.6 Å². The highest BCUT2D eigenvalue weighted by Crippen LogP contribution is 2.54. The van der Waals surface area contributed by atoms with E-state index in [0.717, 1.165) is 25.7 Å². The second-order valence-corrected chi connectivity index (χ2v) is 4.24. The van der Waals surface area contributed by atoms with E-state index in [1.165, 1.54) is 0 Å². The molecular weight excluding hydrogens is 153 g/mol. The van der Waals surface area contributed by atoms with Crippen LogP contribution >= 0.6 is 0 Å². The van der Waals surface area contributed by atoms with Crippen LogP contribution in [-0.4, -0.2) is 11.7 Å². The largest absolute Gasteiger partial charge is 0.324 e. The highest BCUT2D eigenvalue weighted by Gasteiger charge is 2.57. The van der Waals surface area contributed by atoms with Gasteiger partial charge in [-0.15, -0.1) is 6.58 Å². The molecule has 0 amide bonds. The first-order chi connectivity index (χ1) is 5.68. The first-order valence-electron chi connectivity index (χ1n) is 4.72. The monoisotopic (exact) mass is 169 g/mol. The minimum atomic E-state index is -0.653. The van der Waals surface area contributed by atoms with Crippen LogP contribution in [0.15, 0.2) is 12.7 Å². The third kappa shape index (κ3) is 0.875. The van der Waals surface area contributed by atoms with Crippen molar-refractivity contribution in [3.63, 3.8) is 0 Å². The number of nitrogens with two attached hydrogens (primary N) is 1. The molecule has 0 aromatic heterocycles. The number of alkyl halides is 1. The summed E-state index contributed by atoms with van der Waals surface area (Å²) in [5, 5.41) is 0. The van der Waals surface area contributed by atoms with Crippen molar-refractivity contribution in [2.45, 2.75) is 37.4 Å². The minimum Gasteiger partial charge on any atom is -0.324 e. The highest BCUT2D eigenvalue weighted by atomic mass is 19.1. The Morgan fingerprint density at radius 2 is 2.33 bits per heavy atom. The molecule has 3 aliphatic carbocycles. The third-order valence-electron chi connectivity index (χ3n) is 3.71. The molecule has 2 bridgehead atoms. The summed E-state index contributed by atoms with van der Waals surface area (Å²) in [6.45, 7) is 3.68. The normalized spacial score (nSPS) is 51.3. The Morgan fingerprint density at radius 3 is 2.83 bits per heavy atom. The summed E-state index contributed by atoms with van der Waals surface area (Å²) < 4.78 is 13.3. The van der Waals surface area contributed by atoms with Gasteiger partial charge in [0.25, 0.3) is 0 Å². The van der Waals surface area contributed by atoms with Gasteiger partial charge in [0.1, 0.15) is 6.17 Å². The van der Waals surface area contributed by atoms with Crippen molar-refractivity contribution in [3.8, 4) is 0 Å². The molecule has 0 heterocycles. The van der Waals surface area contributed by atoms with Gasteiger partial charge in [0, 0.05) is 11.5 Å². The van der Waals surface area contributed by atoms with Crippen molar-refractivity contribution in [2.75, 3.05) is 0 Å². The van der Waals surface area contributed by atoms with Gasteiger partial charge < -0.3 is 5.73 Å². The second kappa shape index (κ2) is 2.56. The smallest absolute Gasteiger partial charge is 0.105 e. The Labute approximate surface area is 72.8 Å². The lowest BCUT2D eigenvalue weighted by Gasteiger charge is -2.58. The molecule has 0 aromatic rings. The average molecular weight is 169 g/mol. The third-order valence-corrected chi connectivity index (χ3v) is 3.71. The Hall–Kier alpha value is -0.370. The van der Waals surface area contributed by atoms with Gasteiger partial charge in [-0.25, -0.2) is 4.39 Å². The number of fused-ring (bicyclic) bond motifs is 2. The van der Waals surface area contributed by atoms with E-state index in [0.29, 0.717) is 5.92 Å². The van der Waals surface area contributed by atoms with Crippen molar-refractivity contribution in [3.05, 3.63) is 12.7 Å². The standard InChI is InChI=1S/C10H16FN/c1-2-5-10(12)7-3-4-9(11)8(10)6-7/h2,7-9H,1,3-6,12H2. The quantitative estimate of drug-likeness (QED) is 0.629. The molecule has 4 atom stereocenters. The maximum atomic E-state index is 13.3. The zero-order chi connectivity index (χ0) is 8.77. The maximum absolute atomic E-state index is 13.3. The topological polar surface area (TPSA) is 26.0 Å². The molecule has 0 aromatic carbocycles. The van der Waals surface area contributed by atoms with Crippen LogP contribution in [0.3, 0.4) is 0 Å². The molecule has 0 aliphatic heterocycles. The number of rotatable bonds is 2. The predicted octanol–water partition coefficient (Wildman–Crippen LogP) is 2.03. The van der Waals surface area contributed by atoms with Crippen LogP contribution in [0.4, 0.5) is 4.39 Å². The fourth-order valence-electron chi connectivity index (χ4n) is 2.89. The van der Waals surface area contributed by atoms with Crippen LogP contribution in [0, 0.1) is 11.8 Å². The molecule has 0 spiro atoms. The Morgan fingerprint density at radius 1 is 1.58 bits per heavy atom. The van der Waals surface area contributed by atoms with Gasteiger partial charge in [-0.2, -0.15) is 0 Å². The number of hydrogen-bond donors (Lipinski definition) is 1. The van der Waals surface area contributed by atoms with E-state index >= 15 is 0 Å². The van der Waals surface area contributed by atoms with E-state index in [-0.39, 0.29) is 11.5 Å². The minimum absolute atomic E-state index is 0.120. The van der Waals surface area contributed by atoms with E-state index < -0.39 is 6.17 Å². The van der Waals surface area contributed by atoms with E-state index in [2.05, 4.69) is 6.58 Å². The van der Waals surface area contributed by atoms with Gasteiger partial charge in [0.05, 0.1) is 0 Å². The van der Waals surface area contributed by atoms with Crippen LogP contribution in [0.25, 0.3) is 0 Å². The van der Waals surface area contributed by atoms with Crippen LogP contribution in [0.5, 0.6) is 0 Å². The predicted molar refractivity (Wildman–Crippen MR) is 47.5 cm³/mol. The molecule has 3 saturated carbocycles. The summed E-state index contributed by atoms with van der Waals surface area (Å²) in [5.41, 5.74) is 5.91. The van der Waals surface area contributed by atoms with E-state index in [1.54, 1.807) is 0 Å². The Kier molecular flexibility index (Phi) is 1.76. The van der Waals surface area contributed by atoms with Crippen molar-refractivity contribution >= 4 is 0 Å². The van der Waals surface area contributed by atoms with Gasteiger partial charge >= 0.3 is 0 Å². The molecule has 68 valence electrons. The summed E-state index contributed by atoms with van der Waals surface area (Å²) in [5.74, 6) is 0.682. The summed E-state index contributed by atoms with van der Waals surface area (Å²) in [4.78, 5) is 0. The van der Waals surface area contributed by atoms with Crippen LogP contribution in [0.2, 0.25) is 0 Å². The lowest BCUT2D eigenvalue weighted by Crippen LogP contribution is -2.67. The Balaban J connectivity index is 2.12. The molecule has 1 nitrogen and oxygen atoms in total. The SMILES string of the molecule is C=CCC1(N)C2CCC(F)C1C2. The van der Waals surface area contributed by atoms with Crippen molar-refractivity contribution in [1.29, 1.82) is 0 Å². The summed E-state index contributed by atoms with van der Waals surface area (Å²) in [7, 11) is 0. The number of halogens is 1. The molecular formula is C10H16FN.